The molecular weight excluding hydrogens is 435 g/mol. The van der Waals surface area contributed by atoms with E-state index in [-0.39, 0.29) is 32.6 Å². The van der Waals surface area contributed by atoms with Crippen molar-refractivity contribution in [3.05, 3.63) is 58.1 Å². The van der Waals surface area contributed by atoms with E-state index in [0.717, 1.165) is 12.8 Å². The molecule has 1 aliphatic rings. The van der Waals surface area contributed by atoms with E-state index in [1.807, 2.05) is 6.92 Å². The molecule has 6 nitrogen and oxygen atoms in total. The highest BCUT2D eigenvalue weighted by Crippen LogP contribution is 2.27. The summed E-state index contributed by atoms with van der Waals surface area (Å²) in [6.45, 7) is 3.84. The number of nitrogens with one attached hydrogen (secondary N) is 1. The number of amides is 1. The van der Waals surface area contributed by atoms with Crippen LogP contribution in [0, 0.1) is 0 Å². The van der Waals surface area contributed by atoms with Gasteiger partial charge in [-0.1, -0.05) is 29.3 Å². The van der Waals surface area contributed by atoms with Gasteiger partial charge in [-0.2, -0.15) is 0 Å². The van der Waals surface area contributed by atoms with Gasteiger partial charge in [0, 0.05) is 36.0 Å². The molecule has 0 unspecified atom stereocenters. The molecule has 0 aliphatic carbocycles. The molecule has 156 valence electrons. The Morgan fingerprint density at radius 2 is 1.90 bits per heavy atom. The second-order valence-electron chi connectivity index (χ2n) is 6.71. The minimum Gasteiger partial charge on any atom is -0.378 e. The molecular formula is C20H22Cl2N2O4S. The van der Waals surface area contributed by atoms with Crippen LogP contribution < -0.4 is 4.72 Å². The number of carbonyl (C=O) groups is 1. The highest BCUT2D eigenvalue weighted by Gasteiger charge is 2.24. The van der Waals surface area contributed by atoms with Crippen LogP contribution in [0.5, 0.6) is 0 Å². The summed E-state index contributed by atoms with van der Waals surface area (Å²) in [6, 6.07) is 10.6. The molecule has 0 radical (unpaired) electrons. The van der Waals surface area contributed by atoms with Gasteiger partial charge in [0.25, 0.3) is 15.9 Å². The first kappa shape index (κ1) is 21.9. The number of nitrogens with zero attached hydrogens (tertiary/aromatic N) is 1. The third kappa shape index (κ3) is 5.42. The number of likely N-dealkylation sites (tertiary alicyclic amines) is 1. The lowest BCUT2D eigenvalue weighted by molar-refractivity contribution is 0.0146. The zero-order chi connectivity index (χ0) is 21.0. The number of benzene rings is 2. The normalized spacial score (nSPS) is 15.3. The van der Waals surface area contributed by atoms with Crippen LogP contribution in [-0.4, -0.2) is 45.0 Å². The number of ether oxygens (including phenoxy) is 1. The molecule has 1 N–H and O–H groups in total. The summed E-state index contributed by atoms with van der Waals surface area (Å²) >= 11 is 11.9. The Kier molecular flexibility index (Phi) is 7.05. The number of hydrogen-bond acceptors (Lipinski definition) is 4. The molecule has 29 heavy (non-hydrogen) atoms. The highest BCUT2D eigenvalue weighted by atomic mass is 35.5. The Balaban J connectivity index is 1.74. The molecule has 0 aromatic heterocycles. The Bertz CT molecular complexity index is 990. The summed E-state index contributed by atoms with van der Waals surface area (Å²) in [5.74, 6) is -0.137. The third-order valence-corrected chi connectivity index (χ3v) is 6.77. The number of piperidine rings is 1. The lowest BCUT2D eigenvalue weighted by atomic mass is 10.1. The number of halogens is 2. The van der Waals surface area contributed by atoms with Gasteiger partial charge in [-0.15, -0.1) is 0 Å². The van der Waals surface area contributed by atoms with Crippen molar-refractivity contribution >= 4 is 44.8 Å². The van der Waals surface area contributed by atoms with Crippen molar-refractivity contribution in [3.63, 3.8) is 0 Å². The Hall–Kier alpha value is -1.80. The van der Waals surface area contributed by atoms with Crippen molar-refractivity contribution in [3.8, 4) is 0 Å². The molecule has 0 atom stereocenters. The number of sulfonamides is 1. The lowest BCUT2D eigenvalue weighted by Crippen LogP contribution is -2.40. The van der Waals surface area contributed by atoms with Crippen molar-refractivity contribution < 1.29 is 17.9 Å². The summed E-state index contributed by atoms with van der Waals surface area (Å²) < 4.78 is 33.5. The summed E-state index contributed by atoms with van der Waals surface area (Å²) in [6.07, 6.45) is 1.77. The van der Waals surface area contributed by atoms with Crippen LogP contribution in [0.2, 0.25) is 10.0 Å². The van der Waals surface area contributed by atoms with Crippen LogP contribution in [0.4, 0.5) is 5.69 Å². The predicted molar refractivity (Wildman–Crippen MR) is 114 cm³/mol. The van der Waals surface area contributed by atoms with Gasteiger partial charge in [0.2, 0.25) is 0 Å². The van der Waals surface area contributed by atoms with Gasteiger partial charge in [0.05, 0.1) is 11.1 Å². The fraction of sp³-hybridized carbons (Fsp3) is 0.350. The van der Waals surface area contributed by atoms with E-state index in [1.165, 1.54) is 24.3 Å². The highest BCUT2D eigenvalue weighted by molar-refractivity contribution is 7.92. The molecule has 0 spiro atoms. The van der Waals surface area contributed by atoms with Crippen molar-refractivity contribution in [1.82, 2.24) is 4.90 Å². The zero-order valence-corrected chi connectivity index (χ0v) is 18.2. The topological polar surface area (TPSA) is 75.7 Å². The van der Waals surface area contributed by atoms with Crippen molar-refractivity contribution in [1.29, 1.82) is 0 Å². The van der Waals surface area contributed by atoms with Gasteiger partial charge in [0.1, 0.15) is 4.90 Å². The van der Waals surface area contributed by atoms with E-state index in [1.54, 1.807) is 23.1 Å². The van der Waals surface area contributed by atoms with Crippen molar-refractivity contribution in [2.24, 2.45) is 0 Å². The van der Waals surface area contributed by atoms with Crippen molar-refractivity contribution in [2.75, 3.05) is 24.4 Å². The molecule has 2 aromatic rings. The molecule has 1 heterocycles. The fourth-order valence-electron chi connectivity index (χ4n) is 3.25. The SMILES string of the molecule is CCOC1CCN(C(=O)c2cccc(NS(=O)(=O)c3cc(Cl)ccc3Cl)c2)CC1. The van der Waals surface area contributed by atoms with Crippen LogP contribution >= 0.6 is 23.2 Å². The average molecular weight is 457 g/mol. The lowest BCUT2D eigenvalue weighted by Gasteiger charge is -2.31. The summed E-state index contributed by atoms with van der Waals surface area (Å²) in [4.78, 5) is 14.5. The van der Waals surface area contributed by atoms with Gasteiger partial charge in [-0.3, -0.25) is 9.52 Å². The van der Waals surface area contributed by atoms with E-state index in [9.17, 15) is 13.2 Å². The van der Waals surface area contributed by atoms with E-state index < -0.39 is 10.0 Å². The van der Waals surface area contributed by atoms with E-state index in [0.29, 0.717) is 25.3 Å². The minimum atomic E-state index is -3.96. The molecule has 0 saturated carbocycles. The molecule has 1 saturated heterocycles. The smallest absolute Gasteiger partial charge is 0.263 e. The second kappa shape index (κ2) is 9.34. The largest absolute Gasteiger partial charge is 0.378 e. The van der Waals surface area contributed by atoms with Gasteiger partial charge in [-0.25, -0.2) is 8.42 Å². The molecule has 1 amide bonds. The molecule has 1 aliphatic heterocycles. The number of carbonyl (C=O) groups excluding carboxylic acids is 1. The Labute approximate surface area is 180 Å². The maximum absolute atomic E-state index is 12.8. The first-order valence-corrected chi connectivity index (χ1v) is 11.5. The van der Waals surface area contributed by atoms with Gasteiger partial charge < -0.3 is 9.64 Å². The number of rotatable bonds is 6. The van der Waals surface area contributed by atoms with E-state index in [2.05, 4.69) is 4.72 Å². The van der Waals surface area contributed by atoms with Crippen LogP contribution in [0.15, 0.2) is 47.4 Å². The van der Waals surface area contributed by atoms with Gasteiger partial charge in [-0.05, 0) is 56.2 Å². The Morgan fingerprint density at radius 3 is 2.59 bits per heavy atom. The van der Waals surface area contributed by atoms with Crippen LogP contribution in [0.3, 0.4) is 0 Å². The number of anilines is 1. The maximum atomic E-state index is 12.8. The molecule has 1 fully saturated rings. The fourth-order valence-corrected chi connectivity index (χ4v) is 5.07. The first-order chi connectivity index (χ1) is 13.8. The zero-order valence-electron chi connectivity index (χ0n) is 15.9. The average Bonchev–Trinajstić information content (AvgIpc) is 2.70. The molecule has 3 rings (SSSR count). The monoisotopic (exact) mass is 456 g/mol. The third-order valence-electron chi connectivity index (χ3n) is 4.68. The van der Waals surface area contributed by atoms with E-state index in [4.69, 9.17) is 27.9 Å². The first-order valence-electron chi connectivity index (χ1n) is 9.29. The summed E-state index contributed by atoms with van der Waals surface area (Å²) in [5.41, 5.74) is 0.688. The standard InChI is InChI=1S/C20H22Cl2N2O4S/c1-2-28-17-8-10-24(11-9-17)20(25)14-4-3-5-16(12-14)23-29(26,27)19-13-15(21)6-7-18(19)22/h3-7,12-13,17,23H,2,8-11H2,1H3. The predicted octanol–water partition coefficient (Wildman–Crippen LogP) is 4.44. The van der Waals surface area contributed by atoms with Crippen molar-refractivity contribution in [2.45, 2.75) is 30.8 Å². The summed E-state index contributed by atoms with van der Waals surface area (Å²) in [7, 11) is -3.96. The molecule has 9 heteroatoms. The van der Waals surface area contributed by atoms with E-state index >= 15 is 0 Å². The van der Waals surface area contributed by atoms with Crippen LogP contribution in [-0.2, 0) is 14.8 Å². The minimum absolute atomic E-state index is 0.0614. The molecule has 2 aromatic carbocycles. The van der Waals surface area contributed by atoms with Crippen LogP contribution in [0.1, 0.15) is 30.1 Å². The second-order valence-corrected chi connectivity index (χ2v) is 9.20. The quantitative estimate of drug-likeness (QED) is 0.696. The van der Waals surface area contributed by atoms with Gasteiger partial charge >= 0.3 is 0 Å². The summed E-state index contributed by atoms with van der Waals surface area (Å²) in [5, 5.41) is 0.320. The number of hydrogen-bond donors (Lipinski definition) is 1. The molecule has 0 bridgehead atoms. The van der Waals surface area contributed by atoms with Crippen LogP contribution in [0.25, 0.3) is 0 Å². The Morgan fingerprint density at radius 1 is 1.17 bits per heavy atom. The van der Waals surface area contributed by atoms with Gasteiger partial charge in [0.15, 0.2) is 0 Å². The maximum Gasteiger partial charge on any atom is 0.263 e.